The van der Waals surface area contributed by atoms with E-state index in [9.17, 15) is 14.4 Å². The van der Waals surface area contributed by atoms with E-state index in [-0.39, 0.29) is 23.3 Å². The van der Waals surface area contributed by atoms with Crippen LogP contribution in [0.15, 0.2) is 108 Å². The first-order valence-corrected chi connectivity index (χ1v) is 14.4. The maximum absolute atomic E-state index is 13.3. The Hall–Kier alpha value is -4.62. The van der Waals surface area contributed by atoms with Crippen LogP contribution < -0.4 is 16.0 Å². The fourth-order valence-electron chi connectivity index (χ4n) is 4.23. The van der Waals surface area contributed by atoms with Gasteiger partial charge in [0.05, 0.1) is 5.75 Å². The van der Waals surface area contributed by atoms with E-state index in [1.54, 1.807) is 42.5 Å². The van der Waals surface area contributed by atoms with Gasteiger partial charge in [-0.25, -0.2) is 0 Å². The Balaban J connectivity index is 1.41. The van der Waals surface area contributed by atoms with Crippen LogP contribution in [0.1, 0.15) is 39.5 Å². The van der Waals surface area contributed by atoms with Crippen molar-refractivity contribution in [2.75, 3.05) is 16.4 Å². The van der Waals surface area contributed by atoms with Gasteiger partial charge in [-0.1, -0.05) is 73.2 Å². The summed E-state index contributed by atoms with van der Waals surface area (Å²) in [6, 6.07) is 29.7. The molecule has 208 valence electrons. The van der Waals surface area contributed by atoms with Crippen molar-refractivity contribution in [3.63, 3.8) is 0 Å². The maximum Gasteiger partial charge on any atom is 0.272 e. The van der Waals surface area contributed by atoms with Gasteiger partial charge in [-0.05, 0) is 79.4 Å². The molecular formula is C34H33N3O3S. The molecule has 4 aromatic carbocycles. The second-order valence-corrected chi connectivity index (χ2v) is 10.6. The predicted octanol–water partition coefficient (Wildman–Crippen LogP) is 7.01. The summed E-state index contributed by atoms with van der Waals surface area (Å²) < 4.78 is 0. The first-order valence-electron chi connectivity index (χ1n) is 13.4. The molecule has 6 nitrogen and oxygen atoms in total. The van der Waals surface area contributed by atoms with Crippen LogP contribution >= 0.6 is 11.8 Å². The molecule has 0 bridgehead atoms. The number of hydrogen-bond acceptors (Lipinski definition) is 4. The smallest absolute Gasteiger partial charge is 0.272 e. The van der Waals surface area contributed by atoms with E-state index in [4.69, 9.17) is 0 Å². The molecule has 0 unspecified atom stereocenters. The molecule has 0 radical (unpaired) electrons. The van der Waals surface area contributed by atoms with Crippen LogP contribution in [0.2, 0.25) is 0 Å². The second-order valence-electron chi connectivity index (χ2n) is 9.57. The molecule has 0 aliphatic rings. The molecule has 41 heavy (non-hydrogen) atoms. The number of hydrogen-bond donors (Lipinski definition) is 3. The summed E-state index contributed by atoms with van der Waals surface area (Å²) in [5, 5.41) is 8.67. The summed E-state index contributed by atoms with van der Waals surface area (Å²) in [4.78, 5) is 39.6. The molecule has 3 amide bonds. The van der Waals surface area contributed by atoms with E-state index >= 15 is 0 Å². The zero-order valence-corrected chi connectivity index (χ0v) is 24.2. The van der Waals surface area contributed by atoms with E-state index in [1.165, 1.54) is 11.8 Å². The van der Waals surface area contributed by atoms with Crippen molar-refractivity contribution in [1.82, 2.24) is 5.32 Å². The zero-order chi connectivity index (χ0) is 29.2. The van der Waals surface area contributed by atoms with Gasteiger partial charge in [-0.15, -0.1) is 11.8 Å². The Labute approximate surface area is 245 Å². The van der Waals surface area contributed by atoms with Gasteiger partial charge in [0.1, 0.15) is 5.70 Å². The number of rotatable bonds is 10. The minimum absolute atomic E-state index is 0.0727. The number of nitrogens with one attached hydrogen (secondary N) is 3. The summed E-state index contributed by atoms with van der Waals surface area (Å²) in [5.41, 5.74) is 6.02. The molecule has 4 aromatic rings. The Morgan fingerprint density at radius 2 is 1.54 bits per heavy atom. The van der Waals surface area contributed by atoms with E-state index in [0.717, 1.165) is 39.3 Å². The topological polar surface area (TPSA) is 87.3 Å². The molecule has 0 aliphatic heterocycles. The van der Waals surface area contributed by atoms with Crippen LogP contribution in [0.4, 0.5) is 11.4 Å². The highest BCUT2D eigenvalue weighted by molar-refractivity contribution is 8.00. The Bertz CT molecular complexity index is 1560. The molecule has 0 saturated heterocycles. The largest absolute Gasteiger partial charge is 0.325 e. The fraction of sp³-hybridized carbons (Fsp3) is 0.147. The van der Waals surface area contributed by atoms with Crippen molar-refractivity contribution in [3.8, 4) is 0 Å². The molecule has 4 rings (SSSR count). The molecule has 0 aliphatic carbocycles. The van der Waals surface area contributed by atoms with Crippen LogP contribution in [0.5, 0.6) is 0 Å². The summed E-state index contributed by atoms with van der Waals surface area (Å²) in [6.07, 6.45) is 2.50. The summed E-state index contributed by atoms with van der Waals surface area (Å²) in [7, 11) is 0. The lowest BCUT2D eigenvalue weighted by Gasteiger charge is -2.13. The Morgan fingerprint density at radius 1 is 0.805 bits per heavy atom. The normalized spacial score (nSPS) is 11.0. The molecule has 3 N–H and O–H groups in total. The highest BCUT2D eigenvalue weighted by Crippen LogP contribution is 2.24. The molecule has 0 saturated carbocycles. The fourth-order valence-corrected chi connectivity index (χ4v) is 4.93. The highest BCUT2D eigenvalue weighted by Gasteiger charge is 2.15. The third-order valence-electron chi connectivity index (χ3n) is 6.37. The number of carbonyl (C=O) groups excluding carboxylic acids is 3. The number of carbonyl (C=O) groups is 3. The van der Waals surface area contributed by atoms with Crippen LogP contribution in [-0.2, 0) is 16.0 Å². The number of benzene rings is 4. The molecule has 7 heteroatoms. The molecule has 0 spiro atoms. The Morgan fingerprint density at radius 3 is 2.24 bits per heavy atom. The van der Waals surface area contributed by atoms with E-state index in [1.807, 2.05) is 74.5 Å². The van der Waals surface area contributed by atoms with Crippen molar-refractivity contribution in [1.29, 1.82) is 0 Å². The third kappa shape index (κ3) is 8.43. The Kier molecular flexibility index (Phi) is 10.1. The number of amides is 3. The van der Waals surface area contributed by atoms with E-state index in [2.05, 4.69) is 22.9 Å². The van der Waals surface area contributed by atoms with Crippen molar-refractivity contribution >= 4 is 46.9 Å². The molecule has 0 fully saturated rings. The predicted molar refractivity (Wildman–Crippen MR) is 168 cm³/mol. The van der Waals surface area contributed by atoms with Gasteiger partial charge < -0.3 is 16.0 Å². The SMILES string of the molecule is CCc1cccc(C)c1NC(=O)CSc1ccc(NC(=O)/C(=C/c2cccc(C)c2)NC(=O)c2ccccc2)cc1. The first-order chi connectivity index (χ1) is 19.8. The quantitative estimate of drug-likeness (QED) is 0.143. The molecule has 0 aromatic heterocycles. The average Bonchev–Trinajstić information content (AvgIpc) is 2.98. The number of anilines is 2. The summed E-state index contributed by atoms with van der Waals surface area (Å²) in [6.45, 7) is 6.02. The van der Waals surface area contributed by atoms with Gasteiger partial charge >= 0.3 is 0 Å². The lowest BCUT2D eigenvalue weighted by Crippen LogP contribution is -2.30. The molecule has 0 heterocycles. The second kappa shape index (κ2) is 14.1. The first kappa shape index (κ1) is 29.4. The number of aryl methyl sites for hydroxylation is 3. The van der Waals surface area contributed by atoms with Crippen molar-refractivity contribution in [2.45, 2.75) is 32.1 Å². The zero-order valence-electron chi connectivity index (χ0n) is 23.4. The minimum Gasteiger partial charge on any atom is -0.325 e. The molecular weight excluding hydrogens is 530 g/mol. The number of para-hydroxylation sites is 1. The standard InChI is InChI=1S/C34H33N3O3S/c1-4-26-15-9-11-24(3)32(26)37-31(38)22-41-29-18-16-28(17-19-29)35-34(40)30(21-25-12-8-10-23(2)20-25)36-33(39)27-13-6-5-7-14-27/h5-21H,4,22H2,1-3H3,(H,35,40)(H,36,39)(H,37,38)/b30-21-. The van der Waals surface area contributed by atoms with E-state index < -0.39 is 5.91 Å². The summed E-state index contributed by atoms with van der Waals surface area (Å²) in [5.74, 6) is -0.628. The minimum atomic E-state index is -0.444. The van der Waals surface area contributed by atoms with Crippen LogP contribution in [0.25, 0.3) is 6.08 Å². The van der Waals surface area contributed by atoms with Crippen LogP contribution in [0.3, 0.4) is 0 Å². The van der Waals surface area contributed by atoms with Gasteiger partial charge in [-0.2, -0.15) is 0 Å². The van der Waals surface area contributed by atoms with Crippen molar-refractivity contribution in [2.24, 2.45) is 0 Å². The monoisotopic (exact) mass is 563 g/mol. The lowest BCUT2D eigenvalue weighted by molar-refractivity contribution is -0.114. The summed E-state index contributed by atoms with van der Waals surface area (Å²) >= 11 is 1.42. The lowest BCUT2D eigenvalue weighted by atomic mass is 10.1. The van der Waals surface area contributed by atoms with Gasteiger partial charge in [0.15, 0.2) is 0 Å². The van der Waals surface area contributed by atoms with Crippen LogP contribution in [-0.4, -0.2) is 23.5 Å². The highest BCUT2D eigenvalue weighted by atomic mass is 32.2. The van der Waals surface area contributed by atoms with Gasteiger partial charge in [0.2, 0.25) is 5.91 Å². The van der Waals surface area contributed by atoms with Crippen molar-refractivity contribution < 1.29 is 14.4 Å². The average molecular weight is 564 g/mol. The number of thioether (sulfide) groups is 1. The van der Waals surface area contributed by atoms with E-state index in [0.29, 0.717) is 11.3 Å². The maximum atomic E-state index is 13.3. The van der Waals surface area contributed by atoms with Crippen molar-refractivity contribution in [3.05, 3.63) is 131 Å². The molecule has 0 atom stereocenters. The van der Waals surface area contributed by atoms with Gasteiger partial charge in [0.25, 0.3) is 11.8 Å². The van der Waals surface area contributed by atoms with Crippen LogP contribution in [0, 0.1) is 13.8 Å². The van der Waals surface area contributed by atoms with Gasteiger partial charge in [-0.3, -0.25) is 14.4 Å². The third-order valence-corrected chi connectivity index (χ3v) is 7.38. The van der Waals surface area contributed by atoms with Gasteiger partial charge in [0, 0.05) is 21.8 Å².